The van der Waals surface area contributed by atoms with E-state index < -0.39 is 5.82 Å². The van der Waals surface area contributed by atoms with Gasteiger partial charge < -0.3 is 14.5 Å². The predicted molar refractivity (Wildman–Crippen MR) is 134 cm³/mol. The highest BCUT2D eigenvalue weighted by Gasteiger charge is 2.28. The number of carbonyl (C=O) groups excluding carboxylic acids is 2. The number of rotatable bonds is 4. The number of halogens is 1. The zero-order valence-electron chi connectivity index (χ0n) is 20.0. The Morgan fingerprint density at radius 3 is 2.49 bits per heavy atom. The second-order valence-corrected chi connectivity index (χ2v) is 8.75. The van der Waals surface area contributed by atoms with Gasteiger partial charge in [0, 0.05) is 25.2 Å². The summed E-state index contributed by atoms with van der Waals surface area (Å²) in [6.07, 6.45) is 2.06. The number of benzene rings is 3. The molecule has 5 nitrogen and oxygen atoms in total. The minimum Gasteiger partial charge on any atom is -0.491 e. The van der Waals surface area contributed by atoms with Crippen LogP contribution in [-0.4, -0.2) is 53.9 Å². The molecule has 0 unspecified atom stereocenters. The van der Waals surface area contributed by atoms with Gasteiger partial charge in [0.25, 0.3) is 11.8 Å². The Bertz CT molecular complexity index is 1150. The van der Waals surface area contributed by atoms with Crippen LogP contribution in [0.25, 0.3) is 0 Å². The summed E-state index contributed by atoms with van der Waals surface area (Å²) in [5.74, 6) is -0.196. The molecule has 182 valence electrons. The molecule has 0 saturated heterocycles. The molecule has 0 aliphatic carbocycles. The molecule has 1 atom stereocenters. The lowest BCUT2D eigenvalue weighted by molar-refractivity contribution is 0.0586. The third kappa shape index (κ3) is 6.07. The summed E-state index contributed by atoms with van der Waals surface area (Å²) in [5.41, 5.74) is 1.92. The fraction of sp³-hybridized carbons (Fsp3) is 0.310. The highest BCUT2D eigenvalue weighted by atomic mass is 19.1. The van der Waals surface area contributed by atoms with Gasteiger partial charge in [-0.2, -0.15) is 0 Å². The molecule has 1 aliphatic heterocycles. The maximum absolute atomic E-state index is 14.0. The van der Waals surface area contributed by atoms with Gasteiger partial charge in [-0.3, -0.25) is 9.59 Å². The van der Waals surface area contributed by atoms with Crippen molar-refractivity contribution in [2.45, 2.75) is 32.2 Å². The van der Waals surface area contributed by atoms with Crippen molar-refractivity contribution in [2.75, 3.05) is 26.2 Å². The topological polar surface area (TPSA) is 49.9 Å². The third-order valence-electron chi connectivity index (χ3n) is 6.38. The Hall–Kier alpha value is -3.67. The van der Waals surface area contributed by atoms with Gasteiger partial charge in [0.2, 0.25) is 0 Å². The first-order chi connectivity index (χ1) is 17.1. The maximum atomic E-state index is 14.0. The van der Waals surface area contributed by atoms with E-state index in [-0.39, 0.29) is 24.5 Å². The molecule has 4 rings (SSSR count). The number of nitrogens with zero attached hydrogens (tertiary/aromatic N) is 2. The zero-order chi connectivity index (χ0) is 24.6. The average molecular weight is 475 g/mol. The number of fused-ring (bicyclic) bond motifs is 1. The molecule has 6 heteroatoms. The van der Waals surface area contributed by atoms with Crippen molar-refractivity contribution < 1.29 is 18.7 Å². The average Bonchev–Trinajstić information content (AvgIpc) is 2.88. The number of amides is 2. The second-order valence-electron chi connectivity index (χ2n) is 8.75. The molecule has 3 aromatic rings. The Morgan fingerprint density at radius 2 is 1.71 bits per heavy atom. The summed E-state index contributed by atoms with van der Waals surface area (Å²) in [6, 6.07) is 22.7. The first-order valence-electron chi connectivity index (χ1n) is 12.2. The molecule has 0 radical (unpaired) electrons. The van der Waals surface area contributed by atoms with Gasteiger partial charge in [0.15, 0.2) is 0 Å². The van der Waals surface area contributed by atoms with Crippen LogP contribution in [0, 0.1) is 5.82 Å². The summed E-state index contributed by atoms with van der Waals surface area (Å²) >= 11 is 0. The first kappa shape index (κ1) is 24.5. The van der Waals surface area contributed by atoms with Crippen molar-refractivity contribution in [1.82, 2.24) is 9.80 Å². The van der Waals surface area contributed by atoms with Gasteiger partial charge >= 0.3 is 0 Å². The van der Waals surface area contributed by atoms with Gasteiger partial charge in [0.05, 0.1) is 11.6 Å². The highest BCUT2D eigenvalue weighted by Crippen LogP contribution is 2.23. The van der Waals surface area contributed by atoms with Crippen LogP contribution in [0.2, 0.25) is 0 Å². The van der Waals surface area contributed by atoms with Crippen LogP contribution < -0.4 is 4.74 Å². The van der Waals surface area contributed by atoms with E-state index in [1.165, 1.54) is 12.1 Å². The molecule has 1 heterocycles. The van der Waals surface area contributed by atoms with E-state index in [9.17, 15) is 14.0 Å². The Labute approximate surface area is 206 Å². The Morgan fingerprint density at radius 1 is 0.971 bits per heavy atom. The van der Waals surface area contributed by atoms with Crippen molar-refractivity contribution in [3.05, 3.63) is 101 Å². The number of ether oxygens (including phenoxy) is 1. The van der Waals surface area contributed by atoms with Crippen molar-refractivity contribution in [3.63, 3.8) is 0 Å². The van der Waals surface area contributed by atoms with Crippen LogP contribution in [0.5, 0.6) is 5.75 Å². The standard InChI is InChI=1S/C29H31FN2O3/c1-2-31-17-8-9-18-32(28(33)23-13-10-14-24(30)20-23)25(19-22-11-4-3-5-12-22)21-35-27-16-7-6-15-26(27)29(31)34/h3-7,10-16,20,25H,2,8-9,17-19,21H2,1H3/t25-/m1/s1. The Kier molecular flexibility index (Phi) is 8.14. The van der Waals surface area contributed by atoms with Crippen molar-refractivity contribution in [1.29, 1.82) is 0 Å². The quantitative estimate of drug-likeness (QED) is 0.521. The van der Waals surface area contributed by atoms with Gasteiger partial charge in [0.1, 0.15) is 18.2 Å². The molecule has 1 aliphatic rings. The number of para-hydroxylation sites is 1. The zero-order valence-corrected chi connectivity index (χ0v) is 20.0. The lowest BCUT2D eigenvalue weighted by Crippen LogP contribution is -2.46. The largest absolute Gasteiger partial charge is 0.491 e. The van der Waals surface area contributed by atoms with Gasteiger partial charge in [-0.15, -0.1) is 0 Å². The molecule has 35 heavy (non-hydrogen) atoms. The number of hydrogen-bond donors (Lipinski definition) is 0. The van der Waals surface area contributed by atoms with E-state index in [1.54, 1.807) is 24.3 Å². The normalized spacial score (nSPS) is 17.1. The fourth-order valence-corrected chi connectivity index (χ4v) is 4.50. The van der Waals surface area contributed by atoms with Crippen LogP contribution in [0.3, 0.4) is 0 Å². The van der Waals surface area contributed by atoms with Crippen LogP contribution in [0.15, 0.2) is 78.9 Å². The molecule has 0 spiro atoms. The van der Waals surface area contributed by atoms with Crippen molar-refractivity contribution in [2.24, 2.45) is 0 Å². The van der Waals surface area contributed by atoms with Gasteiger partial charge in [-0.05, 0) is 62.1 Å². The first-order valence-corrected chi connectivity index (χ1v) is 12.2. The molecule has 3 aromatic carbocycles. The fourth-order valence-electron chi connectivity index (χ4n) is 4.50. The molecule has 0 aromatic heterocycles. The summed E-state index contributed by atoms with van der Waals surface area (Å²) in [6.45, 7) is 3.85. The summed E-state index contributed by atoms with van der Waals surface area (Å²) in [4.78, 5) is 30.4. The predicted octanol–water partition coefficient (Wildman–Crippen LogP) is 5.21. The summed E-state index contributed by atoms with van der Waals surface area (Å²) in [7, 11) is 0. The van der Waals surface area contributed by atoms with Crippen LogP contribution in [0.4, 0.5) is 4.39 Å². The van der Waals surface area contributed by atoms with E-state index in [4.69, 9.17) is 4.74 Å². The van der Waals surface area contributed by atoms with Crippen LogP contribution in [-0.2, 0) is 6.42 Å². The SMILES string of the molecule is CCN1CCCCN(C(=O)c2cccc(F)c2)[C@H](Cc2ccccc2)COc2ccccc2C1=O. The second kappa shape index (κ2) is 11.6. The molecule has 0 bridgehead atoms. The molecular formula is C29H31FN2O3. The molecule has 0 saturated carbocycles. The van der Waals surface area contributed by atoms with Crippen molar-refractivity contribution >= 4 is 11.8 Å². The van der Waals surface area contributed by atoms with E-state index in [1.807, 2.05) is 59.2 Å². The molecule has 0 N–H and O–H groups in total. The van der Waals surface area contributed by atoms with Crippen molar-refractivity contribution in [3.8, 4) is 5.75 Å². The van der Waals surface area contributed by atoms with Gasteiger partial charge in [-0.25, -0.2) is 4.39 Å². The number of carbonyl (C=O) groups is 2. The van der Waals surface area contributed by atoms with Crippen LogP contribution in [0.1, 0.15) is 46.0 Å². The summed E-state index contributed by atoms with van der Waals surface area (Å²) < 4.78 is 20.2. The molecular weight excluding hydrogens is 443 g/mol. The van der Waals surface area contributed by atoms with E-state index in [2.05, 4.69) is 0 Å². The minimum absolute atomic E-state index is 0.0454. The van der Waals surface area contributed by atoms with E-state index >= 15 is 0 Å². The lowest BCUT2D eigenvalue weighted by Gasteiger charge is -2.33. The minimum atomic E-state index is -0.438. The monoisotopic (exact) mass is 474 g/mol. The maximum Gasteiger partial charge on any atom is 0.257 e. The highest BCUT2D eigenvalue weighted by molar-refractivity contribution is 5.97. The smallest absolute Gasteiger partial charge is 0.257 e. The molecule has 2 amide bonds. The Balaban J connectivity index is 1.70. The number of hydrogen-bond acceptors (Lipinski definition) is 3. The van der Waals surface area contributed by atoms with Gasteiger partial charge in [-0.1, -0.05) is 48.5 Å². The van der Waals surface area contributed by atoms with E-state index in [0.29, 0.717) is 42.9 Å². The summed E-state index contributed by atoms with van der Waals surface area (Å²) in [5, 5.41) is 0. The van der Waals surface area contributed by atoms with Crippen LogP contribution >= 0.6 is 0 Å². The van der Waals surface area contributed by atoms with E-state index in [0.717, 1.165) is 18.4 Å². The molecule has 0 fully saturated rings. The lowest BCUT2D eigenvalue weighted by atomic mass is 10.0. The third-order valence-corrected chi connectivity index (χ3v) is 6.38.